The van der Waals surface area contributed by atoms with Crippen molar-refractivity contribution in [2.24, 2.45) is 0 Å². The summed E-state index contributed by atoms with van der Waals surface area (Å²) in [7, 11) is 0. The van der Waals surface area contributed by atoms with E-state index >= 15 is 0 Å². The Labute approximate surface area is 108 Å². The van der Waals surface area contributed by atoms with Crippen molar-refractivity contribution in [1.82, 2.24) is 15.0 Å². The van der Waals surface area contributed by atoms with Crippen LogP contribution in [0.3, 0.4) is 0 Å². The average Bonchev–Trinajstić information content (AvgIpc) is 2.28. The van der Waals surface area contributed by atoms with Crippen molar-refractivity contribution < 1.29 is 0 Å². The molecule has 17 heavy (non-hydrogen) atoms. The minimum atomic E-state index is 0.283. The van der Waals surface area contributed by atoms with Gasteiger partial charge in [-0.2, -0.15) is 9.97 Å². The first-order valence-electron chi connectivity index (χ1n) is 6.30. The average molecular weight is 257 g/mol. The number of unbranched alkanes of at least 4 members (excludes halogenated alkanes) is 2. The summed E-state index contributed by atoms with van der Waals surface area (Å²) < 4.78 is 0. The van der Waals surface area contributed by atoms with E-state index in [1.807, 2.05) is 6.92 Å². The van der Waals surface area contributed by atoms with Gasteiger partial charge in [-0.05, 0) is 31.4 Å². The van der Waals surface area contributed by atoms with Crippen LogP contribution < -0.4 is 4.90 Å². The van der Waals surface area contributed by atoms with Gasteiger partial charge in [0, 0.05) is 13.1 Å². The monoisotopic (exact) mass is 256 g/mol. The third-order valence-electron chi connectivity index (χ3n) is 2.55. The van der Waals surface area contributed by atoms with Crippen LogP contribution in [0.4, 0.5) is 5.95 Å². The van der Waals surface area contributed by atoms with E-state index in [4.69, 9.17) is 11.6 Å². The van der Waals surface area contributed by atoms with Crippen LogP contribution in [0, 0.1) is 6.92 Å². The summed E-state index contributed by atoms with van der Waals surface area (Å²) in [5, 5.41) is 0.283. The molecule has 0 aliphatic heterocycles. The van der Waals surface area contributed by atoms with Crippen LogP contribution in [0.25, 0.3) is 0 Å². The summed E-state index contributed by atoms with van der Waals surface area (Å²) in [6, 6.07) is 0. The second-order valence-corrected chi connectivity index (χ2v) is 4.48. The predicted molar refractivity (Wildman–Crippen MR) is 71.6 cm³/mol. The van der Waals surface area contributed by atoms with Gasteiger partial charge in [0.05, 0.1) is 0 Å². The van der Waals surface area contributed by atoms with Gasteiger partial charge in [-0.25, -0.2) is 4.98 Å². The lowest BCUT2D eigenvalue weighted by molar-refractivity contribution is 0.659. The maximum absolute atomic E-state index is 5.87. The van der Waals surface area contributed by atoms with Gasteiger partial charge in [-0.15, -0.1) is 0 Å². The van der Waals surface area contributed by atoms with Gasteiger partial charge < -0.3 is 4.90 Å². The fourth-order valence-corrected chi connectivity index (χ4v) is 1.78. The van der Waals surface area contributed by atoms with E-state index in [1.54, 1.807) is 0 Å². The molecule has 0 bridgehead atoms. The molecule has 1 heterocycles. The number of anilines is 1. The molecule has 1 aromatic heterocycles. The first-order chi connectivity index (χ1) is 8.17. The molecular formula is C12H21ClN4. The Balaban J connectivity index is 2.78. The van der Waals surface area contributed by atoms with Gasteiger partial charge in [0.2, 0.25) is 11.2 Å². The van der Waals surface area contributed by atoms with Gasteiger partial charge in [-0.3, -0.25) is 0 Å². The van der Waals surface area contributed by atoms with Gasteiger partial charge >= 0.3 is 0 Å². The zero-order chi connectivity index (χ0) is 12.7. The molecule has 0 spiro atoms. The summed E-state index contributed by atoms with van der Waals surface area (Å²) in [5.41, 5.74) is 0. The minimum Gasteiger partial charge on any atom is -0.341 e. The standard InChI is InChI=1S/C12H21ClN4/c1-4-6-8-17(9-7-5-2)12-15-10(3)14-11(13)16-12/h4-9H2,1-3H3. The van der Waals surface area contributed by atoms with Crippen LogP contribution in [0.5, 0.6) is 0 Å². The Kier molecular flexibility index (Phi) is 6.19. The number of halogens is 1. The SMILES string of the molecule is CCCCN(CCCC)c1nc(C)nc(Cl)n1. The number of aromatic nitrogens is 3. The predicted octanol–water partition coefficient (Wildman–Crippen LogP) is 3.24. The molecule has 5 heteroatoms. The molecule has 0 unspecified atom stereocenters. The molecule has 0 aromatic carbocycles. The third-order valence-corrected chi connectivity index (χ3v) is 2.72. The Morgan fingerprint density at radius 1 is 1.00 bits per heavy atom. The second kappa shape index (κ2) is 7.43. The first-order valence-corrected chi connectivity index (χ1v) is 6.68. The molecule has 0 fully saturated rings. The lowest BCUT2D eigenvalue weighted by Crippen LogP contribution is -2.28. The van der Waals surface area contributed by atoms with Crippen molar-refractivity contribution in [2.45, 2.75) is 46.5 Å². The molecule has 0 aliphatic carbocycles. The van der Waals surface area contributed by atoms with Gasteiger partial charge in [0.15, 0.2) is 0 Å². The number of hydrogen-bond acceptors (Lipinski definition) is 4. The molecule has 0 radical (unpaired) electrons. The molecule has 0 saturated heterocycles. The molecule has 0 saturated carbocycles. The highest BCUT2D eigenvalue weighted by molar-refractivity contribution is 6.28. The lowest BCUT2D eigenvalue weighted by Gasteiger charge is -2.22. The molecule has 1 aromatic rings. The Bertz CT molecular complexity index is 315. The molecule has 96 valence electrons. The Morgan fingerprint density at radius 3 is 2.06 bits per heavy atom. The van der Waals surface area contributed by atoms with Crippen LogP contribution >= 0.6 is 11.6 Å². The maximum Gasteiger partial charge on any atom is 0.229 e. The van der Waals surface area contributed by atoms with Gasteiger partial charge in [0.1, 0.15) is 5.82 Å². The molecule has 0 N–H and O–H groups in total. The highest BCUT2D eigenvalue weighted by atomic mass is 35.5. The van der Waals surface area contributed by atoms with Crippen molar-refractivity contribution >= 4 is 17.5 Å². The topological polar surface area (TPSA) is 41.9 Å². The molecular weight excluding hydrogens is 236 g/mol. The lowest BCUT2D eigenvalue weighted by atomic mass is 10.3. The molecule has 0 atom stereocenters. The summed E-state index contributed by atoms with van der Waals surface area (Å²) in [6.45, 7) is 8.18. The van der Waals surface area contributed by atoms with E-state index in [-0.39, 0.29) is 5.28 Å². The fourth-order valence-electron chi connectivity index (χ4n) is 1.59. The van der Waals surface area contributed by atoms with Crippen molar-refractivity contribution in [3.63, 3.8) is 0 Å². The largest absolute Gasteiger partial charge is 0.341 e. The van der Waals surface area contributed by atoms with Crippen molar-refractivity contribution in [3.05, 3.63) is 11.1 Å². The summed E-state index contributed by atoms with van der Waals surface area (Å²) in [6.07, 6.45) is 4.62. The quantitative estimate of drug-likeness (QED) is 0.751. The molecule has 1 rings (SSSR count). The Morgan fingerprint density at radius 2 is 1.59 bits per heavy atom. The van der Waals surface area contributed by atoms with Crippen molar-refractivity contribution in [3.8, 4) is 0 Å². The van der Waals surface area contributed by atoms with Crippen molar-refractivity contribution in [1.29, 1.82) is 0 Å². The van der Waals surface area contributed by atoms with Gasteiger partial charge in [-0.1, -0.05) is 26.7 Å². The number of aryl methyl sites for hydroxylation is 1. The highest BCUT2D eigenvalue weighted by Gasteiger charge is 2.10. The van der Waals surface area contributed by atoms with Crippen molar-refractivity contribution in [2.75, 3.05) is 18.0 Å². The Hall–Kier alpha value is -0.900. The summed E-state index contributed by atoms with van der Waals surface area (Å²) >= 11 is 5.87. The molecule has 0 amide bonds. The zero-order valence-corrected chi connectivity index (χ0v) is 11.7. The van der Waals surface area contributed by atoms with E-state index in [0.717, 1.165) is 25.9 Å². The van der Waals surface area contributed by atoms with E-state index in [9.17, 15) is 0 Å². The number of hydrogen-bond donors (Lipinski definition) is 0. The fraction of sp³-hybridized carbons (Fsp3) is 0.750. The van der Waals surface area contributed by atoms with Gasteiger partial charge in [0.25, 0.3) is 0 Å². The van der Waals surface area contributed by atoms with E-state index < -0.39 is 0 Å². The number of rotatable bonds is 7. The van der Waals surface area contributed by atoms with E-state index in [2.05, 4.69) is 33.7 Å². The first kappa shape index (κ1) is 14.2. The number of nitrogens with zero attached hydrogens (tertiary/aromatic N) is 4. The van der Waals surface area contributed by atoms with Crippen LogP contribution in [0.15, 0.2) is 0 Å². The van der Waals surface area contributed by atoms with Crippen LogP contribution in [-0.2, 0) is 0 Å². The highest BCUT2D eigenvalue weighted by Crippen LogP contribution is 2.12. The van der Waals surface area contributed by atoms with Crippen LogP contribution in [0.2, 0.25) is 5.28 Å². The second-order valence-electron chi connectivity index (χ2n) is 4.15. The summed E-state index contributed by atoms with van der Waals surface area (Å²) in [5.74, 6) is 1.39. The summed E-state index contributed by atoms with van der Waals surface area (Å²) in [4.78, 5) is 14.8. The maximum atomic E-state index is 5.87. The minimum absolute atomic E-state index is 0.283. The third kappa shape index (κ3) is 4.86. The normalized spacial score (nSPS) is 10.6. The van der Waals surface area contributed by atoms with E-state index in [0.29, 0.717) is 11.8 Å². The van der Waals surface area contributed by atoms with E-state index in [1.165, 1.54) is 12.8 Å². The van der Waals surface area contributed by atoms with Crippen LogP contribution in [0.1, 0.15) is 45.4 Å². The molecule has 4 nitrogen and oxygen atoms in total. The molecule has 0 aliphatic rings. The zero-order valence-electron chi connectivity index (χ0n) is 10.9. The van der Waals surface area contributed by atoms with Crippen LogP contribution in [-0.4, -0.2) is 28.0 Å². The smallest absolute Gasteiger partial charge is 0.229 e.